The van der Waals surface area contributed by atoms with Gasteiger partial charge in [0.2, 0.25) is 0 Å². The lowest BCUT2D eigenvalue weighted by atomic mass is 9.85. The van der Waals surface area contributed by atoms with E-state index in [2.05, 4.69) is 6.58 Å². The Balaban J connectivity index is 2.99. The predicted molar refractivity (Wildman–Crippen MR) is 54.6 cm³/mol. The Morgan fingerprint density at radius 1 is 1.64 bits per heavy atom. The van der Waals surface area contributed by atoms with Gasteiger partial charge in [0.05, 0.1) is 12.9 Å². The van der Waals surface area contributed by atoms with Crippen molar-refractivity contribution in [3.8, 4) is 0 Å². The Bertz CT molecular complexity index is 312. The molecule has 0 amide bonds. The number of aliphatic hydroxyl groups excluding tert-OH is 2. The molecule has 3 heteroatoms. The average Bonchev–Trinajstić information content (AvgIpc) is 2.64. The van der Waals surface area contributed by atoms with Gasteiger partial charge in [-0.25, -0.2) is 0 Å². The molecule has 0 saturated heterocycles. The van der Waals surface area contributed by atoms with E-state index >= 15 is 0 Å². The zero-order valence-electron chi connectivity index (χ0n) is 8.53. The van der Waals surface area contributed by atoms with Gasteiger partial charge >= 0.3 is 0 Å². The molecule has 0 aliphatic rings. The standard InChI is InChI=1S/C11H16O3/c1-4-8-5-6-14-9(8)10(13)11(2,3)7-12/h4-6,10,12-13H,1,7H2,2-3H3/t10-/m0/s1. The fourth-order valence-electron chi connectivity index (χ4n) is 1.16. The van der Waals surface area contributed by atoms with Crippen LogP contribution in [0.25, 0.3) is 6.08 Å². The largest absolute Gasteiger partial charge is 0.466 e. The molecule has 78 valence electrons. The van der Waals surface area contributed by atoms with Crippen LogP contribution in [0.5, 0.6) is 0 Å². The third-order valence-electron chi connectivity index (χ3n) is 2.34. The molecule has 0 aliphatic carbocycles. The quantitative estimate of drug-likeness (QED) is 0.774. The van der Waals surface area contributed by atoms with Crippen LogP contribution in [0.2, 0.25) is 0 Å². The van der Waals surface area contributed by atoms with Gasteiger partial charge in [-0.05, 0) is 6.07 Å². The van der Waals surface area contributed by atoms with Crippen LogP contribution in [0.1, 0.15) is 31.3 Å². The van der Waals surface area contributed by atoms with Gasteiger partial charge in [-0.3, -0.25) is 0 Å². The van der Waals surface area contributed by atoms with Crippen molar-refractivity contribution in [3.05, 3.63) is 30.2 Å². The molecule has 1 heterocycles. The van der Waals surface area contributed by atoms with Crippen LogP contribution in [0.3, 0.4) is 0 Å². The number of rotatable bonds is 4. The molecule has 0 bridgehead atoms. The van der Waals surface area contributed by atoms with Crippen molar-refractivity contribution >= 4 is 6.08 Å². The van der Waals surface area contributed by atoms with E-state index in [4.69, 9.17) is 9.52 Å². The third kappa shape index (κ3) is 1.89. The average molecular weight is 196 g/mol. The second kappa shape index (κ2) is 3.98. The third-order valence-corrected chi connectivity index (χ3v) is 2.34. The van der Waals surface area contributed by atoms with E-state index in [9.17, 15) is 5.11 Å². The summed E-state index contributed by atoms with van der Waals surface area (Å²) in [5.41, 5.74) is 0.148. The number of furan rings is 1. The molecule has 2 N–H and O–H groups in total. The van der Waals surface area contributed by atoms with Gasteiger partial charge in [0.15, 0.2) is 0 Å². The molecule has 1 atom stereocenters. The Labute approximate surface area is 83.7 Å². The van der Waals surface area contributed by atoms with Crippen molar-refractivity contribution in [1.29, 1.82) is 0 Å². The summed E-state index contributed by atoms with van der Waals surface area (Å²) in [5, 5.41) is 19.0. The molecule has 3 nitrogen and oxygen atoms in total. The molecule has 1 aromatic heterocycles. The van der Waals surface area contributed by atoms with Crippen LogP contribution < -0.4 is 0 Å². The van der Waals surface area contributed by atoms with Gasteiger partial charge in [0.1, 0.15) is 11.9 Å². The van der Waals surface area contributed by atoms with Gasteiger partial charge < -0.3 is 14.6 Å². The Morgan fingerprint density at radius 3 is 2.79 bits per heavy atom. The summed E-state index contributed by atoms with van der Waals surface area (Å²) in [6.07, 6.45) is 2.30. The smallest absolute Gasteiger partial charge is 0.140 e. The van der Waals surface area contributed by atoms with E-state index in [0.29, 0.717) is 5.76 Å². The van der Waals surface area contributed by atoms with E-state index in [-0.39, 0.29) is 6.61 Å². The molecule has 1 aromatic rings. The number of aliphatic hydroxyl groups is 2. The predicted octanol–water partition coefficient (Wildman–Crippen LogP) is 1.97. The van der Waals surface area contributed by atoms with Crippen molar-refractivity contribution in [3.63, 3.8) is 0 Å². The maximum absolute atomic E-state index is 9.95. The molecule has 0 aromatic carbocycles. The highest BCUT2D eigenvalue weighted by Crippen LogP contribution is 2.35. The molecule has 0 aliphatic heterocycles. The lowest BCUT2D eigenvalue weighted by Gasteiger charge is -2.27. The maximum atomic E-state index is 9.95. The minimum Gasteiger partial charge on any atom is -0.466 e. The summed E-state index contributed by atoms with van der Waals surface area (Å²) in [6, 6.07) is 1.74. The first-order chi connectivity index (χ1) is 6.53. The van der Waals surface area contributed by atoms with E-state index in [1.807, 2.05) is 0 Å². The highest BCUT2D eigenvalue weighted by Gasteiger charge is 2.31. The fourth-order valence-corrected chi connectivity index (χ4v) is 1.16. The molecule has 0 unspecified atom stereocenters. The Kier molecular flexibility index (Phi) is 3.13. The highest BCUT2D eigenvalue weighted by molar-refractivity contribution is 5.49. The van der Waals surface area contributed by atoms with Crippen molar-refractivity contribution in [2.24, 2.45) is 5.41 Å². The first-order valence-electron chi connectivity index (χ1n) is 4.51. The second-order valence-electron chi connectivity index (χ2n) is 3.99. The highest BCUT2D eigenvalue weighted by atomic mass is 16.4. The van der Waals surface area contributed by atoms with Crippen molar-refractivity contribution < 1.29 is 14.6 Å². The second-order valence-corrected chi connectivity index (χ2v) is 3.99. The zero-order valence-corrected chi connectivity index (χ0v) is 8.53. The van der Waals surface area contributed by atoms with Crippen LogP contribution in [0.4, 0.5) is 0 Å². The van der Waals surface area contributed by atoms with Crippen LogP contribution in [0, 0.1) is 5.41 Å². The number of hydrogen-bond acceptors (Lipinski definition) is 3. The van der Waals surface area contributed by atoms with Crippen molar-refractivity contribution in [2.75, 3.05) is 6.61 Å². The summed E-state index contributed by atoms with van der Waals surface area (Å²) in [4.78, 5) is 0. The molecule has 0 saturated carbocycles. The van der Waals surface area contributed by atoms with E-state index in [1.165, 1.54) is 6.26 Å². The van der Waals surface area contributed by atoms with Crippen LogP contribution in [0.15, 0.2) is 23.3 Å². The minimum absolute atomic E-state index is 0.106. The summed E-state index contributed by atoms with van der Waals surface area (Å²) in [7, 11) is 0. The summed E-state index contributed by atoms with van der Waals surface area (Å²) >= 11 is 0. The van der Waals surface area contributed by atoms with E-state index in [0.717, 1.165) is 5.56 Å². The number of hydrogen-bond donors (Lipinski definition) is 2. The summed E-state index contributed by atoms with van der Waals surface area (Å²) in [5.74, 6) is 0.457. The molecule has 0 radical (unpaired) electrons. The molecule has 0 spiro atoms. The fraction of sp³-hybridized carbons (Fsp3) is 0.455. The maximum Gasteiger partial charge on any atom is 0.140 e. The molecular formula is C11H16O3. The van der Waals surface area contributed by atoms with Crippen molar-refractivity contribution in [2.45, 2.75) is 20.0 Å². The van der Waals surface area contributed by atoms with Gasteiger partial charge in [0, 0.05) is 11.0 Å². The Hall–Kier alpha value is -1.06. The van der Waals surface area contributed by atoms with Gasteiger partial charge in [0.25, 0.3) is 0 Å². The van der Waals surface area contributed by atoms with Crippen molar-refractivity contribution in [1.82, 2.24) is 0 Å². The molecular weight excluding hydrogens is 180 g/mol. The van der Waals surface area contributed by atoms with E-state index < -0.39 is 11.5 Å². The lowest BCUT2D eigenvalue weighted by Crippen LogP contribution is -2.26. The minimum atomic E-state index is -0.824. The molecule has 1 rings (SSSR count). The van der Waals surface area contributed by atoms with Gasteiger partial charge in [-0.1, -0.05) is 26.5 Å². The van der Waals surface area contributed by atoms with Crippen LogP contribution >= 0.6 is 0 Å². The normalized spacial score (nSPS) is 14.0. The van der Waals surface area contributed by atoms with Gasteiger partial charge in [-0.2, -0.15) is 0 Å². The lowest BCUT2D eigenvalue weighted by molar-refractivity contribution is -0.00692. The SMILES string of the molecule is C=Cc1ccoc1[C@H](O)C(C)(C)CO. The van der Waals surface area contributed by atoms with Crippen LogP contribution in [-0.2, 0) is 0 Å². The zero-order chi connectivity index (χ0) is 10.8. The monoisotopic (exact) mass is 196 g/mol. The molecule has 14 heavy (non-hydrogen) atoms. The Morgan fingerprint density at radius 2 is 2.29 bits per heavy atom. The first kappa shape index (κ1) is 11.0. The van der Waals surface area contributed by atoms with Gasteiger partial charge in [-0.15, -0.1) is 0 Å². The summed E-state index contributed by atoms with van der Waals surface area (Å²) < 4.78 is 5.17. The summed E-state index contributed by atoms with van der Waals surface area (Å²) in [6.45, 7) is 7.06. The first-order valence-corrected chi connectivity index (χ1v) is 4.51. The topological polar surface area (TPSA) is 53.6 Å². The van der Waals surface area contributed by atoms with E-state index in [1.54, 1.807) is 26.0 Å². The van der Waals surface area contributed by atoms with Crippen LogP contribution in [-0.4, -0.2) is 16.8 Å². The molecule has 0 fully saturated rings.